The van der Waals surface area contributed by atoms with Gasteiger partial charge in [0.25, 0.3) is 0 Å². The summed E-state index contributed by atoms with van der Waals surface area (Å²) >= 11 is 0. The van der Waals surface area contributed by atoms with E-state index in [0.29, 0.717) is 6.61 Å². The second kappa shape index (κ2) is 9.01. The minimum Gasteiger partial charge on any atom is -0.377 e. The van der Waals surface area contributed by atoms with E-state index < -0.39 is 0 Å². The Morgan fingerprint density at radius 1 is 1.36 bits per heavy atom. The fourth-order valence-electron chi connectivity index (χ4n) is 1.25. The van der Waals surface area contributed by atoms with E-state index in [9.17, 15) is 0 Å². The molecule has 0 N–H and O–H groups in total. The molecule has 1 atom stereocenters. The normalized spacial score (nSPS) is 12.2. The van der Waals surface area contributed by atoms with Crippen molar-refractivity contribution in [3.63, 3.8) is 0 Å². The summed E-state index contributed by atoms with van der Waals surface area (Å²) in [7, 11) is 0. The van der Waals surface area contributed by atoms with Crippen molar-refractivity contribution < 1.29 is 4.74 Å². The zero-order valence-electron chi connectivity index (χ0n) is 9.88. The van der Waals surface area contributed by atoms with Gasteiger partial charge >= 0.3 is 0 Å². The van der Waals surface area contributed by atoms with E-state index in [4.69, 9.17) is 4.74 Å². The average Bonchev–Trinajstić information content (AvgIpc) is 2.12. The van der Waals surface area contributed by atoms with Crippen LogP contribution in [0.5, 0.6) is 0 Å². The lowest BCUT2D eigenvalue weighted by atomic mass is 10.0. The van der Waals surface area contributed by atoms with Crippen molar-refractivity contribution in [2.75, 3.05) is 13.2 Å². The fraction of sp³-hybridized carbons (Fsp3) is 0.692. The smallest absolute Gasteiger partial charge is 0.0644 e. The molecule has 0 bridgehead atoms. The molecule has 1 unspecified atom stereocenters. The van der Waals surface area contributed by atoms with E-state index in [1.165, 1.54) is 18.4 Å². The zero-order valence-corrected chi connectivity index (χ0v) is 9.88. The van der Waals surface area contributed by atoms with Gasteiger partial charge in [0.1, 0.15) is 0 Å². The van der Waals surface area contributed by atoms with Crippen LogP contribution in [0.25, 0.3) is 0 Å². The quantitative estimate of drug-likeness (QED) is 0.422. The molecule has 0 aliphatic carbocycles. The first-order valence-corrected chi connectivity index (χ1v) is 5.48. The van der Waals surface area contributed by atoms with Crippen molar-refractivity contribution in [3.8, 4) is 0 Å². The van der Waals surface area contributed by atoms with Gasteiger partial charge in [-0.05, 0) is 39.0 Å². The Bertz CT molecular complexity index is 166. The molecule has 14 heavy (non-hydrogen) atoms. The molecule has 0 saturated carbocycles. The minimum absolute atomic E-state index is 0.681. The summed E-state index contributed by atoms with van der Waals surface area (Å²) in [5, 5.41) is 0. The third kappa shape index (κ3) is 9.53. The molecule has 0 aliphatic rings. The molecular formula is C13H24O. The summed E-state index contributed by atoms with van der Waals surface area (Å²) < 4.78 is 5.35. The minimum atomic E-state index is 0.681. The van der Waals surface area contributed by atoms with E-state index in [1.54, 1.807) is 6.08 Å². The van der Waals surface area contributed by atoms with Crippen LogP contribution in [0, 0.1) is 5.92 Å². The maximum atomic E-state index is 5.35. The van der Waals surface area contributed by atoms with Crippen LogP contribution in [0.2, 0.25) is 0 Å². The van der Waals surface area contributed by atoms with Crippen molar-refractivity contribution >= 4 is 0 Å². The molecule has 0 aromatic carbocycles. The summed E-state index contributed by atoms with van der Waals surface area (Å²) in [6.45, 7) is 11.7. The molecule has 1 heteroatoms. The number of ether oxygens (including phenoxy) is 1. The maximum absolute atomic E-state index is 5.35. The van der Waals surface area contributed by atoms with E-state index in [0.717, 1.165) is 18.9 Å². The third-order valence-corrected chi connectivity index (χ3v) is 2.20. The number of hydrogen-bond acceptors (Lipinski definition) is 1. The van der Waals surface area contributed by atoms with Crippen molar-refractivity contribution in [1.82, 2.24) is 0 Å². The Kier molecular flexibility index (Phi) is 8.65. The Balaban J connectivity index is 3.32. The van der Waals surface area contributed by atoms with Gasteiger partial charge in [-0.25, -0.2) is 0 Å². The van der Waals surface area contributed by atoms with Gasteiger partial charge < -0.3 is 4.74 Å². The van der Waals surface area contributed by atoms with Crippen LogP contribution in [0.3, 0.4) is 0 Å². The molecule has 0 radical (unpaired) electrons. The first-order chi connectivity index (χ1) is 6.66. The molecule has 0 aromatic rings. The molecule has 0 saturated heterocycles. The second-order valence-corrected chi connectivity index (χ2v) is 4.12. The van der Waals surface area contributed by atoms with Gasteiger partial charge in [0, 0.05) is 6.61 Å². The van der Waals surface area contributed by atoms with Crippen LogP contribution in [-0.2, 0) is 4.74 Å². The molecule has 1 nitrogen and oxygen atoms in total. The standard InChI is InChI=1S/C13H24O/c1-5-10-14-11-9-13(4)8-6-7-12(2)3/h5,7,13H,1,6,8-11H2,2-4H3. The molecule has 0 aromatic heterocycles. The van der Waals surface area contributed by atoms with Gasteiger partial charge in [-0.15, -0.1) is 6.58 Å². The average molecular weight is 196 g/mol. The Hall–Kier alpha value is -0.560. The molecule has 0 spiro atoms. The summed E-state index contributed by atoms with van der Waals surface area (Å²) in [6.07, 6.45) is 7.73. The predicted octanol–water partition coefficient (Wildman–Crippen LogP) is 3.96. The predicted molar refractivity (Wildman–Crippen MR) is 63.5 cm³/mol. The summed E-state index contributed by atoms with van der Waals surface area (Å²) in [5.41, 5.74) is 1.42. The number of rotatable bonds is 8. The maximum Gasteiger partial charge on any atom is 0.0644 e. The topological polar surface area (TPSA) is 9.23 Å². The first-order valence-electron chi connectivity index (χ1n) is 5.48. The number of allylic oxidation sites excluding steroid dienone is 2. The first kappa shape index (κ1) is 13.4. The van der Waals surface area contributed by atoms with E-state index in [2.05, 4.69) is 33.4 Å². The summed E-state index contributed by atoms with van der Waals surface area (Å²) in [4.78, 5) is 0. The van der Waals surface area contributed by atoms with Gasteiger partial charge in [-0.2, -0.15) is 0 Å². The van der Waals surface area contributed by atoms with Gasteiger partial charge in [-0.3, -0.25) is 0 Å². The zero-order chi connectivity index (χ0) is 10.8. The van der Waals surface area contributed by atoms with Gasteiger partial charge in [-0.1, -0.05) is 24.6 Å². The fourth-order valence-corrected chi connectivity index (χ4v) is 1.25. The Morgan fingerprint density at radius 2 is 2.07 bits per heavy atom. The molecular weight excluding hydrogens is 172 g/mol. The molecule has 0 rings (SSSR count). The van der Waals surface area contributed by atoms with E-state index in [-0.39, 0.29) is 0 Å². The van der Waals surface area contributed by atoms with Crippen molar-refractivity contribution in [2.45, 2.75) is 40.0 Å². The lowest BCUT2D eigenvalue weighted by Gasteiger charge is -2.09. The highest BCUT2D eigenvalue weighted by Crippen LogP contribution is 2.11. The van der Waals surface area contributed by atoms with Gasteiger partial charge in [0.15, 0.2) is 0 Å². The third-order valence-electron chi connectivity index (χ3n) is 2.20. The lowest BCUT2D eigenvalue weighted by molar-refractivity contribution is 0.146. The summed E-state index contributed by atoms with van der Waals surface area (Å²) in [6, 6.07) is 0. The molecule has 0 aliphatic heterocycles. The largest absolute Gasteiger partial charge is 0.377 e. The van der Waals surface area contributed by atoms with Crippen molar-refractivity contribution in [3.05, 3.63) is 24.3 Å². The summed E-state index contributed by atoms with van der Waals surface area (Å²) in [5.74, 6) is 0.760. The van der Waals surface area contributed by atoms with Crippen LogP contribution in [0.15, 0.2) is 24.3 Å². The van der Waals surface area contributed by atoms with Crippen LogP contribution in [0.1, 0.15) is 40.0 Å². The molecule has 0 fully saturated rings. The highest BCUT2D eigenvalue weighted by Gasteiger charge is 2.00. The van der Waals surface area contributed by atoms with Crippen LogP contribution in [-0.4, -0.2) is 13.2 Å². The number of hydrogen-bond donors (Lipinski definition) is 0. The second-order valence-electron chi connectivity index (χ2n) is 4.12. The molecule has 0 amide bonds. The Labute approximate surface area is 88.9 Å². The van der Waals surface area contributed by atoms with Crippen LogP contribution in [0.4, 0.5) is 0 Å². The van der Waals surface area contributed by atoms with Gasteiger partial charge in [0.05, 0.1) is 6.61 Å². The molecule has 0 heterocycles. The molecule has 82 valence electrons. The van der Waals surface area contributed by atoms with Crippen molar-refractivity contribution in [2.24, 2.45) is 5.92 Å². The van der Waals surface area contributed by atoms with Crippen LogP contribution < -0.4 is 0 Å². The van der Waals surface area contributed by atoms with E-state index in [1.807, 2.05) is 0 Å². The lowest BCUT2D eigenvalue weighted by Crippen LogP contribution is -2.01. The monoisotopic (exact) mass is 196 g/mol. The SMILES string of the molecule is C=CCOCCC(C)CCC=C(C)C. The van der Waals surface area contributed by atoms with Crippen LogP contribution >= 0.6 is 0 Å². The van der Waals surface area contributed by atoms with E-state index >= 15 is 0 Å². The van der Waals surface area contributed by atoms with Crippen molar-refractivity contribution in [1.29, 1.82) is 0 Å². The van der Waals surface area contributed by atoms with Gasteiger partial charge in [0.2, 0.25) is 0 Å². The Morgan fingerprint density at radius 3 is 2.64 bits per heavy atom. The highest BCUT2D eigenvalue weighted by molar-refractivity contribution is 4.92. The highest BCUT2D eigenvalue weighted by atomic mass is 16.5.